The molecule has 0 bridgehead atoms. The molecule has 2 amide bonds. The maximum absolute atomic E-state index is 14.1. The Morgan fingerprint density at radius 3 is 1.50 bits per heavy atom. The van der Waals surface area contributed by atoms with Gasteiger partial charge in [0, 0.05) is 71.4 Å². The van der Waals surface area contributed by atoms with Crippen LogP contribution in [0.25, 0.3) is 21.5 Å². The minimum absolute atomic E-state index is 0.0138. The van der Waals surface area contributed by atoms with Gasteiger partial charge >= 0.3 is 0 Å². The van der Waals surface area contributed by atoms with Gasteiger partial charge in [0.1, 0.15) is 11.5 Å². The highest BCUT2D eigenvalue weighted by atomic mass is 35.5. The van der Waals surface area contributed by atoms with Crippen molar-refractivity contribution in [1.29, 1.82) is 0 Å². The van der Waals surface area contributed by atoms with Crippen LogP contribution < -0.4 is 9.80 Å². The molecule has 0 saturated heterocycles. The molecule has 6 nitrogen and oxygen atoms in total. The van der Waals surface area contributed by atoms with Gasteiger partial charge in [0.2, 0.25) is 11.8 Å². The van der Waals surface area contributed by atoms with E-state index in [1.165, 1.54) is 0 Å². The Morgan fingerprint density at radius 2 is 1.10 bits per heavy atom. The second-order valence-corrected chi connectivity index (χ2v) is 12.5. The van der Waals surface area contributed by atoms with Crippen LogP contribution in [0, 0.1) is 11.8 Å². The number of hydrogen-bond acceptors (Lipinski definition) is 4. The smallest absolute Gasteiger partial charge is 0.230 e. The Bertz CT molecular complexity index is 1620. The zero-order valence-corrected chi connectivity index (χ0v) is 24.6. The summed E-state index contributed by atoms with van der Waals surface area (Å²) in [7, 11) is 0. The normalized spacial score (nSPS) is 23.4. The minimum atomic E-state index is -0.306. The van der Waals surface area contributed by atoms with Gasteiger partial charge in [0.05, 0.1) is 11.4 Å². The number of hydrogen-bond donors (Lipinski definition) is 2. The molecule has 4 atom stereocenters. The van der Waals surface area contributed by atoms with Crippen molar-refractivity contribution in [3.63, 3.8) is 0 Å². The fourth-order valence-corrected chi connectivity index (χ4v) is 8.11. The number of carbonyl (C=O) groups is 2. The fraction of sp³-hybridized carbons (Fsp3) is 0.353. The van der Waals surface area contributed by atoms with Crippen molar-refractivity contribution < 1.29 is 19.8 Å². The first-order chi connectivity index (χ1) is 20.4. The second kappa shape index (κ2) is 10.7. The van der Waals surface area contributed by atoms with Crippen molar-refractivity contribution in [2.45, 2.75) is 37.5 Å². The van der Waals surface area contributed by atoms with Crippen LogP contribution in [0.4, 0.5) is 11.4 Å². The number of amides is 2. The van der Waals surface area contributed by atoms with Gasteiger partial charge in [-0.3, -0.25) is 9.59 Å². The molecule has 2 N–H and O–H groups in total. The summed E-state index contributed by atoms with van der Waals surface area (Å²) in [5, 5.41) is 24.9. The van der Waals surface area contributed by atoms with E-state index in [-0.39, 0.29) is 47.0 Å². The highest BCUT2D eigenvalue weighted by Gasteiger charge is 2.42. The molecule has 2 aliphatic heterocycles. The average Bonchev–Trinajstić information content (AvgIpc) is 3.59. The van der Waals surface area contributed by atoms with Crippen LogP contribution in [0.15, 0.2) is 60.7 Å². The summed E-state index contributed by atoms with van der Waals surface area (Å²) in [5.74, 6) is 0.321. The number of rotatable bonds is 4. The number of phenolic OH excluding ortho intramolecular Hbond substituents is 2. The molecular formula is C34H32Cl2N2O4. The zero-order valence-electron chi connectivity index (χ0n) is 23.1. The lowest BCUT2D eigenvalue weighted by Gasteiger charge is -2.33. The molecule has 42 heavy (non-hydrogen) atoms. The third kappa shape index (κ3) is 4.22. The molecule has 0 spiro atoms. The van der Waals surface area contributed by atoms with Crippen molar-refractivity contribution in [3.8, 4) is 11.5 Å². The highest BCUT2D eigenvalue weighted by molar-refractivity contribution is 6.19. The maximum atomic E-state index is 14.1. The van der Waals surface area contributed by atoms with Crippen LogP contribution in [0.2, 0.25) is 0 Å². The Labute approximate surface area is 254 Å². The van der Waals surface area contributed by atoms with E-state index >= 15 is 0 Å². The van der Waals surface area contributed by atoms with E-state index in [2.05, 4.69) is 0 Å². The van der Waals surface area contributed by atoms with Crippen LogP contribution in [-0.2, 0) is 9.59 Å². The van der Waals surface area contributed by atoms with Crippen LogP contribution >= 0.6 is 23.2 Å². The van der Waals surface area contributed by atoms with E-state index in [9.17, 15) is 19.8 Å². The third-order valence-electron chi connectivity index (χ3n) is 9.57. The molecule has 2 heterocycles. The maximum Gasteiger partial charge on any atom is 0.230 e. The molecule has 1 fully saturated rings. The fourth-order valence-electron chi connectivity index (χ4n) is 7.60. The Hall–Kier alpha value is -3.48. The lowest BCUT2D eigenvalue weighted by molar-refractivity contribution is -0.127. The number of benzene rings is 4. The van der Waals surface area contributed by atoms with Gasteiger partial charge in [0.25, 0.3) is 0 Å². The van der Waals surface area contributed by atoms with Crippen LogP contribution in [-0.4, -0.2) is 46.9 Å². The molecule has 0 radical (unpaired) electrons. The van der Waals surface area contributed by atoms with Crippen molar-refractivity contribution in [1.82, 2.24) is 0 Å². The Morgan fingerprint density at radius 1 is 0.690 bits per heavy atom. The van der Waals surface area contributed by atoms with Gasteiger partial charge in [-0.25, -0.2) is 0 Å². The SMILES string of the molecule is O=C([C@@H]1CCC[C@H](C(=O)N2CC(CCl)c3c2cc(O)c2ccccc32)C1)N1CC(CCl)c2c1cc(O)c1ccccc21. The number of carbonyl (C=O) groups excluding carboxylic acids is 2. The number of phenols is 2. The van der Waals surface area contributed by atoms with Gasteiger partial charge in [-0.1, -0.05) is 55.0 Å². The van der Waals surface area contributed by atoms with Crippen LogP contribution in [0.3, 0.4) is 0 Å². The van der Waals surface area contributed by atoms with Gasteiger partial charge < -0.3 is 20.0 Å². The molecule has 4 aromatic carbocycles. The lowest BCUT2D eigenvalue weighted by Crippen LogP contribution is -2.42. The molecule has 0 aromatic heterocycles. The third-order valence-corrected chi connectivity index (χ3v) is 10.3. The number of nitrogens with zero attached hydrogens (tertiary/aromatic N) is 2. The summed E-state index contributed by atoms with van der Waals surface area (Å²) in [6.45, 7) is 0.924. The molecular weight excluding hydrogens is 571 g/mol. The molecule has 8 heteroatoms. The Kier molecular flexibility index (Phi) is 6.94. The number of aromatic hydroxyl groups is 2. The largest absolute Gasteiger partial charge is 0.507 e. The monoisotopic (exact) mass is 602 g/mol. The molecule has 4 aromatic rings. The van der Waals surface area contributed by atoms with Crippen molar-refractivity contribution in [2.75, 3.05) is 34.6 Å². The first-order valence-electron chi connectivity index (χ1n) is 14.6. The van der Waals surface area contributed by atoms with Gasteiger partial charge in [-0.2, -0.15) is 0 Å². The standard InChI is InChI=1S/C34H32Cl2N2O4/c35-15-21-17-37(27-13-29(39)23-8-1-3-10-25(23)31(21)27)33(41)19-6-5-7-20(12-19)34(42)38-18-22(16-36)32-26-11-4-2-9-24(26)30(40)14-28(32)38/h1-4,8-11,13-14,19-22,39-40H,5-7,12,15-18H2/t19-,20+,21?,22?. The molecule has 7 rings (SSSR count). The van der Waals surface area contributed by atoms with Gasteiger partial charge in [-0.15, -0.1) is 23.2 Å². The number of alkyl halides is 2. The van der Waals surface area contributed by atoms with Crippen molar-refractivity contribution >= 4 is 67.9 Å². The van der Waals surface area contributed by atoms with Crippen molar-refractivity contribution in [2.24, 2.45) is 11.8 Å². The highest BCUT2D eigenvalue weighted by Crippen LogP contribution is 2.48. The topological polar surface area (TPSA) is 81.1 Å². The molecule has 1 saturated carbocycles. The summed E-state index contributed by atoms with van der Waals surface area (Å²) in [5.41, 5.74) is 3.44. The van der Waals surface area contributed by atoms with Crippen LogP contribution in [0.1, 0.15) is 48.6 Å². The predicted octanol–water partition coefficient (Wildman–Crippen LogP) is 7.25. The first kappa shape index (κ1) is 27.4. The summed E-state index contributed by atoms with van der Waals surface area (Å²) in [4.78, 5) is 31.7. The summed E-state index contributed by atoms with van der Waals surface area (Å²) < 4.78 is 0. The molecule has 216 valence electrons. The summed E-state index contributed by atoms with van der Waals surface area (Å²) >= 11 is 12.8. The Balaban J connectivity index is 1.17. The lowest BCUT2D eigenvalue weighted by atomic mass is 9.80. The summed E-state index contributed by atoms with van der Waals surface area (Å²) in [6.07, 6.45) is 2.67. The van der Waals surface area contributed by atoms with Crippen LogP contribution in [0.5, 0.6) is 11.5 Å². The quantitative estimate of drug-likeness (QED) is 0.241. The first-order valence-corrected chi connectivity index (χ1v) is 15.7. The van der Waals surface area contributed by atoms with E-state index in [0.717, 1.165) is 50.5 Å². The van der Waals surface area contributed by atoms with E-state index in [0.29, 0.717) is 44.1 Å². The van der Waals surface area contributed by atoms with Gasteiger partial charge in [0.15, 0.2) is 0 Å². The van der Waals surface area contributed by atoms with E-state index in [4.69, 9.17) is 23.2 Å². The predicted molar refractivity (Wildman–Crippen MR) is 168 cm³/mol. The molecule has 1 aliphatic carbocycles. The average molecular weight is 604 g/mol. The van der Waals surface area contributed by atoms with E-state index < -0.39 is 0 Å². The molecule has 2 unspecified atom stereocenters. The number of anilines is 2. The van der Waals surface area contributed by atoms with Gasteiger partial charge in [-0.05, 0) is 41.2 Å². The second-order valence-electron chi connectivity index (χ2n) is 11.9. The van der Waals surface area contributed by atoms with Crippen molar-refractivity contribution in [3.05, 3.63) is 71.8 Å². The summed E-state index contributed by atoms with van der Waals surface area (Å²) in [6, 6.07) is 18.7. The number of halogens is 2. The number of fused-ring (bicyclic) bond motifs is 6. The van der Waals surface area contributed by atoms with E-state index in [1.807, 2.05) is 48.5 Å². The van der Waals surface area contributed by atoms with E-state index in [1.54, 1.807) is 21.9 Å². The zero-order chi connectivity index (χ0) is 29.1. The minimum Gasteiger partial charge on any atom is -0.507 e. The molecule has 3 aliphatic rings.